The second kappa shape index (κ2) is 17.6. The summed E-state index contributed by atoms with van der Waals surface area (Å²) >= 11 is 0. The number of anilines is 1. The van der Waals surface area contributed by atoms with Crippen LogP contribution >= 0.6 is 0 Å². The summed E-state index contributed by atoms with van der Waals surface area (Å²) in [5, 5.41) is 0. The fraction of sp³-hybridized carbons (Fsp3) is 0.548. The Labute approximate surface area is 303 Å². The lowest BCUT2D eigenvalue weighted by molar-refractivity contribution is -0.0246. The Balaban J connectivity index is 1.01. The highest BCUT2D eigenvalue weighted by Gasteiger charge is 2.35. The van der Waals surface area contributed by atoms with Gasteiger partial charge in [0.05, 0.1) is 31.5 Å². The number of hydrogen-bond donors (Lipinski definition) is 0. The molecule has 0 N–H and O–H groups in total. The zero-order valence-electron chi connectivity index (χ0n) is 30.3. The highest BCUT2D eigenvalue weighted by atomic mass is 16.6. The van der Waals surface area contributed by atoms with Crippen molar-refractivity contribution in [1.29, 1.82) is 0 Å². The van der Waals surface area contributed by atoms with E-state index in [0.717, 1.165) is 86.4 Å². The number of amides is 1. The Morgan fingerprint density at radius 1 is 0.843 bits per heavy atom. The van der Waals surface area contributed by atoms with Crippen molar-refractivity contribution in [1.82, 2.24) is 9.80 Å². The minimum Gasteiger partial charge on any atom is -0.490 e. The predicted octanol–water partition coefficient (Wildman–Crippen LogP) is 7.42. The van der Waals surface area contributed by atoms with Gasteiger partial charge in [-0.2, -0.15) is 0 Å². The minimum atomic E-state index is -0.300. The predicted molar refractivity (Wildman–Crippen MR) is 199 cm³/mol. The molecule has 51 heavy (non-hydrogen) atoms. The first kappa shape index (κ1) is 35.6. The first-order valence-electron chi connectivity index (χ1n) is 19.2. The second-order valence-electron chi connectivity index (χ2n) is 14.6. The number of benzene rings is 3. The molecule has 3 atom stereocenters. The maximum atomic E-state index is 13.3. The van der Waals surface area contributed by atoms with Gasteiger partial charge in [0, 0.05) is 51.9 Å². The summed E-state index contributed by atoms with van der Waals surface area (Å²) in [4.78, 5) is 20.1. The zero-order chi connectivity index (χ0) is 34.8. The van der Waals surface area contributed by atoms with E-state index in [0.29, 0.717) is 26.3 Å². The van der Waals surface area contributed by atoms with Gasteiger partial charge in [-0.15, -0.1) is 0 Å². The van der Waals surface area contributed by atoms with Gasteiger partial charge in [0.15, 0.2) is 0 Å². The van der Waals surface area contributed by atoms with E-state index in [9.17, 15) is 4.79 Å². The van der Waals surface area contributed by atoms with Crippen molar-refractivity contribution in [3.8, 4) is 11.5 Å². The highest BCUT2D eigenvalue weighted by molar-refractivity contribution is 5.68. The van der Waals surface area contributed by atoms with Gasteiger partial charge < -0.3 is 33.5 Å². The molecule has 3 heterocycles. The van der Waals surface area contributed by atoms with Crippen molar-refractivity contribution >= 4 is 11.8 Å². The van der Waals surface area contributed by atoms with E-state index in [2.05, 4.69) is 52.3 Å². The first-order valence-corrected chi connectivity index (χ1v) is 19.2. The molecule has 3 aromatic rings. The Morgan fingerprint density at radius 2 is 1.69 bits per heavy atom. The van der Waals surface area contributed by atoms with Crippen molar-refractivity contribution < 1.29 is 28.5 Å². The van der Waals surface area contributed by atoms with Gasteiger partial charge in [0.1, 0.15) is 30.8 Å². The summed E-state index contributed by atoms with van der Waals surface area (Å²) in [7, 11) is 1.74. The number of hydrogen-bond acceptors (Lipinski definition) is 8. The SMILES string of the molecule is COCCCN1CCOc2ccc(COC3CN(C(=O)OCc4ccccc4)CCC3c3ccc(O[C@H]4CCN(C5CCCCC5)C4)cc3)cc21. The van der Waals surface area contributed by atoms with E-state index in [4.69, 9.17) is 23.7 Å². The average Bonchev–Trinajstić information content (AvgIpc) is 3.66. The normalized spacial score (nSPS) is 22.7. The molecule has 274 valence electrons. The molecule has 9 nitrogen and oxygen atoms in total. The number of fused-ring (bicyclic) bond motifs is 1. The second-order valence-corrected chi connectivity index (χ2v) is 14.6. The topological polar surface area (TPSA) is 72.9 Å². The van der Waals surface area contributed by atoms with Gasteiger partial charge in [-0.3, -0.25) is 4.90 Å². The third kappa shape index (κ3) is 9.36. The fourth-order valence-corrected chi connectivity index (χ4v) is 8.30. The lowest BCUT2D eigenvalue weighted by Crippen LogP contribution is -2.47. The molecule has 7 rings (SSSR count). The Morgan fingerprint density at radius 3 is 2.51 bits per heavy atom. The van der Waals surface area contributed by atoms with Gasteiger partial charge >= 0.3 is 6.09 Å². The van der Waals surface area contributed by atoms with Crippen LogP contribution in [0.25, 0.3) is 0 Å². The number of nitrogens with zero attached hydrogens (tertiary/aromatic N) is 3. The molecule has 0 radical (unpaired) electrons. The molecule has 4 aliphatic rings. The molecule has 3 aromatic carbocycles. The van der Waals surface area contributed by atoms with Crippen LogP contribution in [0.15, 0.2) is 72.8 Å². The number of carbonyl (C=O) groups is 1. The molecular weight excluding hydrogens is 642 g/mol. The van der Waals surface area contributed by atoms with Crippen LogP contribution in [-0.2, 0) is 27.4 Å². The van der Waals surface area contributed by atoms with E-state index >= 15 is 0 Å². The van der Waals surface area contributed by atoms with Crippen LogP contribution < -0.4 is 14.4 Å². The monoisotopic (exact) mass is 697 g/mol. The van der Waals surface area contributed by atoms with Crippen molar-refractivity contribution in [2.45, 2.75) is 88.7 Å². The smallest absolute Gasteiger partial charge is 0.410 e. The summed E-state index contributed by atoms with van der Waals surface area (Å²) in [6.45, 7) is 7.12. The maximum absolute atomic E-state index is 13.3. The Hall–Kier alpha value is -3.79. The van der Waals surface area contributed by atoms with Crippen molar-refractivity contribution in [3.63, 3.8) is 0 Å². The molecular formula is C42H55N3O6. The van der Waals surface area contributed by atoms with Crippen molar-refractivity contribution in [2.75, 3.05) is 64.5 Å². The van der Waals surface area contributed by atoms with E-state index in [1.165, 1.54) is 37.7 Å². The van der Waals surface area contributed by atoms with Gasteiger partial charge in [0.25, 0.3) is 0 Å². The molecule has 9 heteroatoms. The lowest BCUT2D eigenvalue weighted by atomic mass is 9.87. The minimum absolute atomic E-state index is 0.136. The molecule has 3 fully saturated rings. The van der Waals surface area contributed by atoms with E-state index < -0.39 is 0 Å². The van der Waals surface area contributed by atoms with Crippen LogP contribution in [0.5, 0.6) is 11.5 Å². The highest BCUT2D eigenvalue weighted by Crippen LogP contribution is 2.36. The molecule has 0 spiro atoms. The number of methoxy groups -OCH3 is 1. The average molecular weight is 698 g/mol. The standard InChI is InChI=1S/C42H55N3O6/c1-47-25-8-21-43-24-26-48-40-18-13-33(27-39(40)43)31-49-41-29-45(42(46)50-30-32-9-4-2-5-10-32)23-20-38(41)34-14-16-36(17-15-34)51-37-19-22-44(28-37)35-11-6-3-7-12-35/h2,4-5,9-10,13-18,27,35,37-38,41H,3,6-8,11-12,19-26,28-31H2,1H3/t37-,38?,41?/m0/s1. The molecule has 1 amide bonds. The molecule has 3 aliphatic heterocycles. The third-order valence-corrected chi connectivity index (χ3v) is 11.1. The summed E-state index contributed by atoms with van der Waals surface area (Å²) in [6, 6.07) is 25.5. The number of likely N-dealkylation sites (tertiary alicyclic amines) is 2. The molecule has 0 bridgehead atoms. The summed E-state index contributed by atoms with van der Waals surface area (Å²) in [5.74, 6) is 1.98. The third-order valence-electron chi connectivity index (χ3n) is 11.1. The lowest BCUT2D eigenvalue weighted by Gasteiger charge is -2.38. The van der Waals surface area contributed by atoms with E-state index in [1.54, 1.807) is 12.0 Å². The maximum Gasteiger partial charge on any atom is 0.410 e. The Kier molecular flexibility index (Phi) is 12.3. The van der Waals surface area contributed by atoms with Gasteiger partial charge in [-0.25, -0.2) is 4.79 Å². The van der Waals surface area contributed by atoms with Gasteiger partial charge in [0.2, 0.25) is 0 Å². The number of piperidine rings is 1. The summed E-state index contributed by atoms with van der Waals surface area (Å²) in [5.41, 5.74) is 4.37. The molecule has 2 saturated heterocycles. The number of ether oxygens (including phenoxy) is 5. The van der Waals surface area contributed by atoms with Gasteiger partial charge in [-0.05, 0) is 73.1 Å². The zero-order valence-corrected chi connectivity index (χ0v) is 30.3. The Bertz CT molecular complexity index is 1530. The van der Waals surface area contributed by atoms with Crippen LogP contribution in [0, 0.1) is 0 Å². The van der Waals surface area contributed by atoms with E-state index in [-0.39, 0.29) is 30.8 Å². The van der Waals surface area contributed by atoms with E-state index in [1.807, 2.05) is 30.3 Å². The van der Waals surface area contributed by atoms with Crippen LogP contribution in [0.3, 0.4) is 0 Å². The van der Waals surface area contributed by atoms with Crippen molar-refractivity contribution in [2.24, 2.45) is 0 Å². The molecule has 0 aromatic heterocycles. The van der Waals surface area contributed by atoms with Crippen LogP contribution in [0.1, 0.15) is 74.0 Å². The molecule has 1 saturated carbocycles. The van der Waals surface area contributed by atoms with Crippen molar-refractivity contribution in [3.05, 3.63) is 89.5 Å². The largest absolute Gasteiger partial charge is 0.490 e. The van der Waals surface area contributed by atoms with Crippen LogP contribution in [-0.4, -0.2) is 93.7 Å². The number of carbonyl (C=O) groups excluding carboxylic acids is 1. The first-order chi connectivity index (χ1) is 25.1. The quantitative estimate of drug-likeness (QED) is 0.171. The van der Waals surface area contributed by atoms with Crippen LogP contribution in [0.2, 0.25) is 0 Å². The van der Waals surface area contributed by atoms with Crippen LogP contribution in [0.4, 0.5) is 10.5 Å². The molecule has 1 aliphatic carbocycles. The fourth-order valence-electron chi connectivity index (χ4n) is 8.30. The summed E-state index contributed by atoms with van der Waals surface area (Å²) in [6.07, 6.45) is 9.37. The molecule has 2 unspecified atom stereocenters. The summed E-state index contributed by atoms with van der Waals surface area (Å²) < 4.78 is 30.3. The number of rotatable bonds is 13. The van der Waals surface area contributed by atoms with Gasteiger partial charge in [-0.1, -0.05) is 67.8 Å².